The van der Waals surface area contributed by atoms with Gasteiger partial charge >= 0.3 is 0 Å². The van der Waals surface area contributed by atoms with Crippen molar-refractivity contribution in [3.8, 4) is 0 Å². The minimum Gasteiger partial charge on any atom is -0.380 e. The molecule has 0 bridgehead atoms. The number of benzene rings is 2. The second-order valence-corrected chi connectivity index (χ2v) is 8.53. The Balaban J connectivity index is 1.28. The Morgan fingerprint density at radius 3 is 2.32 bits per heavy atom. The van der Waals surface area contributed by atoms with Gasteiger partial charge in [0.05, 0.1) is 5.70 Å². The number of amides is 1. The summed E-state index contributed by atoms with van der Waals surface area (Å²) < 4.78 is 0. The maximum Gasteiger partial charge on any atom is 0.267 e. The molecule has 2 aromatic carbocycles. The van der Waals surface area contributed by atoms with E-state index in [-0.39, 0.29) is 11.3 Å². The number of hydrogen-bond donors (Lipinski definition) is 2. The van der Waals surface area contributed by atoms with Crippen LogP contribution in [0.3, 0.4) is 0 Å². The molecule has 0 aromatic heterocycles. The van der Waals surface area contributed by atoms with Crippen LogP contribution in [0, 0.1) is 5.92 Å². The second-order valence-electron chi connectivity index (χ2n) is 8.53. The summed E-state index contributed by atoms with van der Waals surface area (Å²) >= 11 is 0. The van der Waals surface area contributed by atoms with Gasteiger partial charge in [0.25, 0.3) is 5.91 Å². The van der Waals surface area contributed by atoms with Gasteiger partial charge in [-0.3, -0.25) is 4.79 Å². The molecule has 1 fully saturated rings. The quantitative estimate of drug-likeness (QED) is 0.808. The summed E-state index contributed by atoms with van der Waals surface area (Å²) in [5.41, 5.74) is 3.29. The predicted molar refractivity (Wildman–Crippen MR) is 114 cm³/mol. The predicted octanol–water partition coefficient (Wildman–Crippen LogP) is 4.52. The summed E-state index contributed by atoms with van der Waals surface area (Å²) in [5.74, 6) is 1.30. The average molecular weight is 375 g/mol. The molecular weight excluding hydrogens is 344 g/mol. The fourth-order valence-corrected chi connectivity index (χ4v) is 4.61. The Bertz CT molecular complexity index is 822. The van der Waals surface area contributed by atoms with Crippen molar-refractivity contribution in [2.75, 3.05) is 13.1 Å². The van der Waals surface area contributed by atoms with Gasteiger partial charge in [0.2, 0.25) is 0 Å². The summed E-state index contributed by atoms with van der Waals surface area (Å²) in [7, 11) is 0. The molecule has 0 radical (unpaired) electrons. The van der Waals surface area contributed by atoms with E-state index in [1.807, 2.05) is 6.07 Å². The lowest BCUT2D eigenvalue weighted by molar-refractivity contribution is -0.118. The van der Waals surface area contributed by atoms with Crippen molar-refractivity contribution in [3.63, 3.8) is 0 Å². The molecule has 1 saturated carbocycles. The molecule has 28 heavy (non-hydrogen) atoms. The molecule has 1 atom stereocenters. The van der Waals surface area contributed by atoms with E-state index < -0.39 is 0 Å². The van der Waals surface area contributed by atoms with Crippen molar-refractivity contribution in [2.24, 2.45) is 5.92 Å². The molecule has 0 spiro atoms. The lowest BCUT2D eigenvalue weighted by Gasteiger charge is -2.29. The van der Waals surface area contributed by atoms with Crippen LogP contribution in [0.4, 0.5) is 0 Å². The molecule has 3 heteroatoms. The first-order valence-electron chi connectivity index (χ1n) is 10.5. The molecule has 4 rings (SSSR count). The third kappa shape index (κ3) is 4.14. The number of carbonyl (C=O) groups is 1. The molecule has 1 unspecified atom stereocenters. The van der Waals surface area contributed by atoms with Crippen LogP contribution in [0.15, 0.2) is 72.4 Å². The van der Waals surface area contributed by atoms with Crippen LogP contribution in [0.2, 0.25) is 0 Å². The summed E-state index contributed by atoms with van der Waals surface area (Å²) in [6, 6.07) is 21.2. The van der Waals surface area contributed by atoms with Crippen LogP contribution in [-0.2, 0) is 10.2 Å². The highest BCUT2D eigenvalue weighted by molar-refractivity contribution is 5.93. The van der Waals surface area contributed by atoms with Gasteiger partial charge in [-0.1, -0.05) is 67.6 Å². The SMILES string of the molecule is CC1(c2ccccc2)C=C(C(=O)NCC2CCC(c3ccccc3)CC2)NC1. The van der Waals surface area contributed by atoms with E-state index in [9.17, 15) is 4.79 Å². The van der Waals surface area contributed by atoms with Gasteiger partial charge in [0, 0.05) is 18.5 Å². The van der Waals surface area contributed by atoms with E-state index in [1.54, 1.807) is 0 Å². The van der Waals surface area contributed by atoms with Gasteiger partial charge in [0.1, 0.15) is 0 Å². The van der Waals surface area contributed by atoms with Crippen molar-refractivity contribution >= 4 is 5.91 Å². The van der Waals surface area contributed by atoms with Gasteiger partial charge in [-0.05, 0) is 54.7 Å². The first-order valence-corrected chi connectivity index (χ1v) is 10.5. The third-order valence-corrected chi connectivity index (χ3v) is 6.46. The summed E-state index contributed by atoms with van der Waals surface area (Å²) in [6.07, 6.45) is 6.90. The van der Waals surface area contributed by atoms with E-state index in [2.05, 4.69) is 78.2 Å². The molecule has 3 nitrogen and oxygen atoms in total. The van der Waals surface area contributed by atoms with Gasteiger partial charge in [-0.15, -0.1) is 0 Å². The standard InChI is InChI=1S/C25H30N2O/c1-25(22-10-6-3-7-11-22)16-23(27-18-25)24(28)26-17-19-12-14-21(15-13-19)20-8-4-2-5-9-20/h2-11,16,19,21,27H,12-15,17-18H2,1H3,(H,26,28). The van der Waals surface area contributed by atoms with Crippen molar-refractivity contribution in [2.45, 2.75) is 43.9 Å². The molecule has 1 aliphatic carbocycles. The first-order chi connectivity index (χ1) is 13.6. The van der Waals surface area contributed by atoms with Crippen LogP contribution in [0.25, 0.3) is 0 Å². The Kier molecular flexibility index (Phi) is 5.52. The molecule has 2 N–H and O–H groups in total. The third-order valence-electron chi connectivity index (χ3n) is 6.46. The molecule has 0 saturated heterocycles. The minimum absolute atomic E-state index is 0.0323. The van der Waals surface area contributed by atoms with E-state index in [4.69, 9.17) is 0 Å². The molecule has 2 aliphatic rings. The zero-order valence-electron chi connectivity index (χ0n) is 16.7. The molecule has 146 valence electrons. The van der Waals surface area contributed by atoms with Crippen LogP contribution in [0.5, 0.6) is 0 Å². The maximum atomic E-state index is 12.7. The van der Waals surface area contributed by atoms with Crippen LogP contribution < -0.4 is 10.6 Å². The fraction of sp³-hybridized carbons (Fsp3) is 0.400. The topological polar surface area (TPSA) is 41.1 Å². The Morgan fingerprint density at radius 1 is 1.00 bits per heavy atom. The van der Waals surface area contributed by atoms with Crippen molar-refractivity contribution < 1.29 is 4.79 Å². The maximum absolute atomic E-state index is 12.7. The lowest BCUT2D eigenvalue weighted by Crippen LogP contribution is -2.35. The highest BCUT2D eigenvalue weighted by Gasteiger charge is 2.32. The molecule has 1 heterocycles. The molecule has 1 aliphatic heterocycles. The highest BCUT2D eigenvalue weighted by atomic mass is 16.2. The fourth-order valence-electron chi connectivity index (χ4n) is 4.61. The molecular formula is C25H30N2O. The smallest absolute Gasteiger partial charge is 0.267 e. The van der Waals surface area contributed by atoms with Crippen molar-refractivity contribution in [1.29, 1.82) is 0 Å². The van der Waals surface area contributed by atoms with E-state index >= 15 is 0 Å². The summed E-state index contributed by atoms with van der Waals surface area (Å²) in [5, 5.41) is 6.48. The monoisotopic (exact) mass is 374 g/mol. The Hall–Kier alpha value is -2.55. The minimum atomic E-state index is -0.123. The average Bonchev–Trinajstić information content (AvgIpc) is 3.17. The zero-order valence-corrected chi connectivity index (χ0v) is 16.7. The number of nitrogens with one attached hydrogen (secondary N) is 2. The van der Waals surface area contributed by atoms with Crippen LogP contribution in [-0.4, -0.2) is 19.0 Å². The highest BCUT2D eigenvalue weighted by Crippen LogP contribution is 2.35. The van der Waals surface area contributed by atoms with E-state index in [1.165, 1.54) is 36.8 Å². The zero-order chi connectivity index (χ0) is 19.4. The van der Waals surface area contributed by atoms with Gasteiger partial charge in [0.15, 0.2) is 0 Å². The van der Waals surface area contributed by atoms with E-state index in [0.717, 1.165) is 13.1 Å². The largest absolute Gasteiger partial charge is 0.380 e. The second kappa shape index (κ2) is 8.22. The molecule has 2 aromatic rings. The number of rotatable bonds is 5. The van der Waals surface area contributed by atoms with E-state index in [0.29, 0.717) is 17.5 Å². The Labute approximate surface area is 168 Å². The van der Waals surface area contributed by atoms with Gasteiger partial charge < -0.3 is 10.6 Å². The Morgan fingerprint density at radius 2 is 1.64 bits per heavy atom. The van der Waals surface area contributed by atoms with Crippen LogP contribution in [0.1, 0.15) is 49.7 Å². The lowest BCUT2D eigenvalue weighted by atomic mass is 9.78. The number of hydrogen-bond acceptors (Lipinski definition) is 2. The summed E-state index contributed by atoms with van der Waals surface area (Å²) in [4.78, 5) is 12.7. The van der Waals surface area contributed by atoms with Crippen LogP contribution >= 0.6 is 0 Å². The summed E-state index contributed by atoms with van der Waals surface area (Å²) in [6.45, 7) is 3.73. The molecule has 1 amide bonds. The van der Waals surface area contributed by atoms with Gasteiger partial charge in [-0.25, -0.2) is 0 Å². The van der Waals surface area contributed by atoms with Gasteiger partial charge in [-0.2, -0.15) is 0 Å². The normalized spacial score (nSPS) is 27.0. The van der Waals surface area contributed by atoms with Crippen molar-refractivity contribution in [1.82, 2.24) is 10.6 Å². The number of carbonyl (C=O) groups excluding carboxylic acids is 1. The van der Waals surface area contributed by atoms with Crippen molar-refractivity contribution in [3.05, 3.63) is 83.6 Å². The first kappa shape index (κ1) is 18.8.